The molecule has 28 heavy (non-hydrogen) atoms. The van der Waals surface area contributed by atoms with E-state index < -0.39 is 0 Å². The highest BCUT2D eigenvalue weighted by molar-refractivity contribution is 9.10. The fourth-order valence-electron chi connectivity index (χ4n) is 3.13. The molecule has 3 aromatic rings. The van der Waals surface area contributed by atoms with E-state index in [1.807, 2.05) is 43.3 Å². The lowest BCUT2D eigenvalue weighted by atomic mass is 10.1. The van der Waals surface area contributed by atoms with Crippen LogP contribution in [0.1, 0.15) is 20.8 Å². The van der Waals surface area contributed by atoms with E-state index in [1.165, 1.54) is 16.2 Å². The van der Waals surface area contributed by atoms with Crippen molar-refractivity contribution in [3.63, 3.8) is 0 Å². The van der Waals surface area contributed by atoms with E-state index >= 15 is 0 Å². The zero-order chi connectivity index (χ0) is 19.8. The molecule has 140 valence electrons. The lowest BCUT2D eigenvalue weighted by molar-refractivity contribution is -0.116. The molecule has 0 radical (unpaired) electrons. The molecule has 1 aliphatic rings. The summed E-state index contributed by atoms with van der Waals surface area (Å²) >= 11 is 4.83. The van der Waals surface area contributed by atoms with Crippen LogP contribution in [0, 0.1) is 6.92 Å². The van der Waals surface area contributed by atoms with Crippen molar-refractivity contribution in [2.24, 2.45) is 0 Å². The number of benzene rings is 2. The number of hydrogen-bond donors (Lipinski definition) is 1. The van der Waals surface area contributed by atoms with Crippen LogP contribution in [-0.2, 0) is 4.79 Å². The van der Waals surface area contributed by atoms with Crippen molar-refractivity contribution in [3.8, 4) is 11.3 Å². The third-order valence-corrected chi connectivity index (χ3v) is 5.92. The maximum absolute atomic E-state index is 12.5. The van der Waals surface area contributed by atoms with Gasteiger partial charge in [0, 0.05) is 31.7 Å². The van der Waals surface area contributed by atoms with Crippen molar-refractivity contribution in [2.75, 3.05) is 11.9 Å². The molecule has 5 nitrogen and oxygen atoms in total. The third kappa shape index (κ3) is 3.39. The molecule has 2 amide bonds. The number of aryl methyl sites for hydroxylation is 1. The van der Waals surface area contributed by atoms with Crippen LogP contribution >= 0.6 is 27.3 Å². The van der Waals surface area contributed by atoms with Gasteiger partial charge >= 0.3 is 0 Å². The molecule has 1 aromatic heterocycles. The molecule has 7 heteroatoms. The van der Waals surface area contributed by atoms with Gasteiger partial charge in [-0.15, -0.1) is 11.3 Å². The highest BCUT2D eigenvalue weighted by atomic mass is 79.9. The minimum absolute atomic E-state index is 0.0986. The summed E-state index contributed by atoms with van der Waals surface area (Å²) in [6.45, 7) is 5.83. The Morgan fingerprint density at radius 1 is 1.18 bits per heavy atom. The minimum atomic E-state index is -0.307. The molecule has 0 fully saturated rings. The van der Waals surface area contributed by atoms with E-state index in [2.05, 4.69) is 32.8 Å². The second-order valence-electron chi connectivity index (χ2n) is 6.36. The molecule has 0 aliphatic carbocycles. The molecule has 0 unspecified atom stereocenters. The van der Waals surface area contributed by atoms with Crippen LogP contribution in [0.25, 0.3) is 17.0 Å². The number of carbonyl (C=O) groups excluding carboxylic acids is 2. The number of nitrogens with zero attached hydrogens (tertiary/aromatic N) is 2. The van der Waals surface area contributed by atoms with Crippen molar-refractivity contribution < 1.29 is 9.59 Å². The van der Waals surface area contributed by atoms with E-state index in [4.69, 9.17) is 0 Å². The Morgan fingerprint density at radius 3 is 2.54 bits per heavy atom. The average molecular weight is 454 g/mol. The molecule has 0 saturated heterocycles. The van der Waals surface area contributed by atoms with Gasteiger partial charge in [0.05, 0.1) is 5.69 Å². The van der Waals surface area contributed by atoms with Crippen LogP contribution < -0.4 is 5.32 Å². The summed E-state index contributed by atoms with van der Waals surface area (Å²) in [5, 5.41) is 3.31. The summed E-state index contributed by atoms with van der Waals surface area (Å²) in [5.41, 5.74) is 3.70. The predicted molar refractivity (Wildman–Crippen MR) is 115 cm³/mol. The third-order valence-electron chi connectivity index (χ3n) is 4.50. The van der Waals surface area contributed by atoms with Crippen LogP contribution in [0.2, 0.25) is 0 Å². The molecule has 2 heterocycles. The number of carbonyl (C=O) groups is 2. The van der Waals surface area contributed by atoms with Crippen molar-refractivity contribution >= 4 is 49.9 Å². The lowest BCUT2D eigenvalue weighted by Gasteiger charge is -2.16. The van der Waals surface area contributed by atoms with Gasteiger partial charge in [0.2, 0.25) is 5.91 Å². The van der Waals surface area contributed by atoms with Crippen LogP contribution in [0.4, 0.5) is 5.13 Å². The topological polar surface area (TPSA) is 62.3 Å². The summed E-state index contributed by atoms with van der Waals surface area (Å²) in [6.07, 6.45) is 0. The second-order valence-corrected chi connectivity index (χ2v) is 8.48. The van der Waals surface area contributed by atoms with E-state index in [0.717, 1.165) is 26.2 Å². The number of amides is 2. The van der Waals surface area contributed by atoms with Gasteiger partial charge in [-0.1, -0.05) is 52.8 Å². The number of rotatable bonds is 4. The standard InChI is InChI=1S/C21H16BrN3O2S/c1-12-16-5-3-4-6-17(16)20(27)25(12)11-18(26)23-21-24-19(13(2)28-21)14-7-9-15(22)10-8-14/h3-10H,1,11H2,2H3,(H,23,24,26). The van der Waals surface area contributed by atoms with Crippen molar-refractivity contribution in [1.29, 1.82) is 0 Å². The molecule has 0 saturated carbocycles. The van der Waals surface area contributed by atoms with Gasteiger partial charge in [-0.2, -0.15) is 0 Å². The van der Waals surface area contributed by atoms with Crippen LogP contribution in [0.5, 0.6) is 0 Å². The smallest absolute Gasteiger partial charge is 0.259 e. The van der Waals surface area contributed by atoms with Crippen LogP contribution in [0.15, 0.2) is 59.6 Å². The summed E-state index contributed by atoms with van der Waals surface area (Å²) in [5.74, 6) is -0.514. The molecule has 2 aromatic carbocycles. The lowest BCUT2D eigenvalue weighted by Crippen LogP contribution is -2.32. The maximum atomic E-state index is 12.5. The van der Waals surface area contributed by atoms with Gasteiger partial charge < -0.3 is 5.32 Å². The first-order valence-corrected chi connectivity index (χ1v) is 10.2. The molecule has 1 aliphatic heterocycles. The van der Waals surface area contributed by atoms with E-state index in [-0.39, 0.29) is 18.4 Å². The van der Waals surface area contributed by atoms with Gasteiger partial charge in [0.1, 0.15) is 6.54 Å². The van der Waals surface area contributed by atoms with Gasteiger partial charge in [0.15, 0.2) is 5.13 Å². The first-order valence-electron chi connectivity index (χ1n) is 8.57. The zero-order valence-electron chi connectivity index (χ0n) is 15.0. The normalized spacial score (nSPS) is 13.0. The first-order chi connectivity index (χ1) is 13.4. The molecular formula is C21H16BrN3O2S. The Bertz CT molecular complexity index is 1070. The highest BCUT2D eigenvalue weighted by Gasteiger charge is 2.32. The second kappa shape index (κ2) is 7.33. The number of nitrogens with one attached hydrogen (secondary N) is 1. The molecule has 0 atom stereocenters. The first kappa shape index (κ1) is 18.6. The van der Waals surface area contributed by atoms with Crippen molar-refractivity contribution in [1.82, 2.24) is 9.88 Å². The Hall–Kier alpha value is -2.77. The zero-order valence-corrected chi connectivity index (χ0v) is 17.4. The Morgan fingerprint density at radius 2 is 1.86 bits per heavy atom. The van der Waals surface area contributed by atoms with E-state index in [0.29, 0.717) is 16.4 Å². The summed E-state index contributed by atoms with van der Waals surface area (Å²) in [6, 6.07) is 15.1. The number of hydrogen-bond acceptors (Lipinski definition) is 4. The minimum Gasteiger partial charge on any atom is -0.300 e. The summed E-state index contributed by atoms with van der Waals surface area (Å²) < 4.78 is 0.995. The Kier molecular flexibility index (Phi) is 4.87. The molecule has 1 N–H and O–H groups in total. The highest BCUT2D eigenvalue weighted by Crippen LogP contribution is 2.32. The van der Waals surface area contributed by atoms with Crippen molar-refractivity contribution in [3.05, 3.63) is 75.6 Å². The van der Waals surface area contributed by atoms with E-state index in [1.54, 1.807) is 12.1 Å². The number of thiazole rings is 1. The van der Waals surface area contributed by atoms with Gasteiger partial charge in [-0.05, 0) is 25.1 Å². The summed E-state index contributed by atoms with van der Waals surface area (Å²) in [4.78, 5) is 32.0. The fourth-order valence-corrected chi connectivity index (χ4v) is 4.25. The van der Waals surface area contributed by atoms with Crippen LogP contribution in [-0.4, -0.2) is 28.2 Å². The van der Waals surface area contributed by atoms with Gasteiger partial charge in [0.25, 0.3) is 5.91 Å². The largest absolute Gasteiger partial charge is 0.300 e. The molecule has 0 bridgehead atoms. The number of aromatic nitrogens is 1. The van der Waals surface area contributed by atoms with Gasteiger partial charge in [-0.3, -0.25) is 14.5 Å². The number of anilines is 1. The summed E-state index contributed by atoms with van der Waals surface area (Å²) in [7, 11) is 0. The number of halogens is 1. The quantitative estimate of drug-likeness (QED) is 0.607. The molecule has 4 rings (SSSR count). The monoisotopic (exact) mass is 453 g/mol. The Labute approximate surface area is 174 Å². The average Bonchev–Trinajstić information content (AvgIpc) is 3.15. The Balaban J connectivity index is 1.48. The molecular weight excluding hydrogens is 438 g/mol. The maximum Gasteiger partial charge on any atom is 0.259 e. The van der Waals surface area contributed by atoms with Gasteiger partial charge in [-0.25, -0.2) is 4.98 Å². The number of fused-ring (bicyclic) bond motifs is 1. The molecule has 0 spiro atoms. The fraction of sp³-hybridized carbons (Fsp3) is 0.0952. The predicted octanol–water partition coefficient (Wildman–Crippen LogP) is 4.95. The van der Waals surface area contributed by atoms with Crippen LogP contribution in [0.3, 0.4) is 0 Å². The SMILES string of the molecule is C=C1c2ccccc2C(=O)N1CC(=O)Nc1nc(-c2ccc(Br)cc2)c(C)s1. The van der Waals surface area contributed by atoms with Crippen molar-refractivity contribution in [2.45, 2.75) is 6.92 Å². The van der Waals surface area contributed by atoms with E-state index in [9.17, 15) is 9.59 Å².